The van der Waals surface area contributed by atoms with Gasteiger partial charge in [0.2, 0.25) is 0 Å². The van der Waals surface area contributed by atoms with E-state index in [9.17, 15) is 4.79 Å². The Hall–Kier alpha value is -1.61. The highest BCUT2D eigenvalue weighted by molar-refractivity contribution is 5.85. The number of ether oxygens (including phenoxy) is 1. The molecule has 0 heterocycles. The molecular formula is C19H27NO2. The van der Waals surface area contributed by atoms with Crippen LogP contribution in [0.25, 0.3) is 0 Å². The van der Waals surface area contributed by atoms with E-state index in [0.717, 1.165) is 31.5 Å². The average Bonchev–Trinajstić information content (AvgIpc) is 2.57. The highest BCUT2D eigenvalue weighted by atomic mass is 16.5. The van der Waals surface area contributed by atoms with Gasteiger partial charge in [0.1, 0.15) is 5.41 Å². The van der Waals surface area contributed by atoms with E-state index in [1.54, 1.807) is 0 Å². The van der Waals surface area contributed by atoms with Crippen LogP contribution in [0, 0.1) is 0 Å². The van der Waals surface area contributed by atoms with E-state index in [1.165, 1.54) is 0 Å². The number of esters is 1. The third kappa shape index (κ3) is 2.95. The summed E-state index contributed by atoms with van der Waals surface area (Å²) in [6.45, 7) is 8.42. The van der Waals surface area contributed by atoms with Crippen molar-refractivity contribution in [2.75, 3.05) is 19.7 Å². The van der Waals surface area contributed by atoms with Crippen LogP contribution in [0.3, 0.4) is 0 Å². The van der Waals surface area contributed by atoms with Crippen molar-refractivity contribution >= 4 is 5.97 Å². The van der Waals surface area contributed by atoms with Crippen LogP contribution in [0.4, 0.5) is 0 Å². The van der Waals surface area contributed by atoms with Gasteiger partial charge in [0.25, 0.3) is 0 Å². The molecule has 0 saturated heterocycles. The molecule has 0 saturated carbocycles. The molecule has 0 fully saturated rings. The molecule has 0 N–H and O–H groups in total. The summed E-state index contributed by atoms with van der Waals surface area (Å²) < 4.78 is 5.51. The van der Waals surface area contributed by atoms with Crippen molar-refractivity contribution in [3.05, 3.63) is 48.0 Å². The second-order valence-electron chi connectivity index (χ2n) is 5.69. The maximum Gasteiger partial charge on any atom is 0.318 e. The van der Waals surface area contributed by atoms with E-state index >= 15 is 0 Å². The minimum atomic E-state index is -0.599. The number of carbonyl (C=O) groups is 1. The lowest BCUT2D eigenvalue weighted by molar-refractivity contribution is -0.153. The molecule has 120 valence electrons. The molecular weight excluding hydrogens is 274 g/mol. The number of hydrogen-bond donors (Lipinski definition) is 0. The van der Waals surface area contributed by atoms with E-state index < -0.39 is 5.41 Å². The Morgan fingerprint density at radius 3 is 2.50 bits per heavy atom. The molecule has 3 nitrogen and oxygen atoms in total. The predicted molar refractivity (Wildman–Crippen MR) is 89.8 cm³/mol. The number of benzene rings is 1. The molecule has 1 aromatic carbocycles. The molecule has 2 rings (SSSR count). The van der Waals surface area contributed by atoms with E-state index in [4.69, 9.17) is 4.74 Å². The monoisotopic (exact) mass is 301 g/mol. The van der Waals surface area contributed by atoms with Crippen LogP contribution in [0.5, 0.6) is 0 Å². The lowest BCUT2D eigenvalue weighted by atomic mass is 9.67. The molecule has 1 aromatic rings. The summed E-state index contributed by atoms with van der Waals surface area (Å²) >= 11 is 0. The summed E-state index contributed by atoms with van der Waals surface area (Å²) in [6.07, 6.45) is 6.10. The molecule has 0 unspecified atom stereocenters. The van der Waals surface area contributed by atoms with Gasteiger partial charge in [-0.3, -0.25) is 9.69 Å². The topological polar surface area (TPSA) is 29.5 Å². The zero-order valence-electron chi connectivity index (χ0n) is 13.9. The zero-order valence-corrected chi connectivity index (χ0v) is 13.9. The Morgan fingerprint density at radius 2 is 1.91 bits per heavy atom. The molecule has 0 aliphatic heterocycles. The highest BCUT2D eigenvalue weighted by Crippen LogP contribution is 2.40. The normalized spacial score (nSPS) is 24.5. The quantitative estimate of drug-likeness (QED) is 0.594. The van der Waals surface area contributed by atoms with Gasteiger partial charge in [-0.25, -0.2) is 0 Å². The van der Waals surface area contributed by atoms with Crippen LogP contribution >= 0.6 is 0 Å². The SMILES string of the molecule is CCOC(=O)[C@]1(c2ccccc2)CCC=C[C@H]1N(CC)CC. The summed E-state index contributed by atoms with van der Waals surface area (Å²) in [5.41, 5.74) is 0.465. The van der Waals surface area contributed by atoms with Gasteiger partial charge in [-0.05, 0) is 38.4 Å². The van der Waals surface area contributed by atoms with Crippen LogP contribution < -0.4 is 0 Å². The molecule has 0 aromatic heterocycles. The third-order valence-electron chi connectivity index (χ3n) is 4.66. The number of likely N-dealkylation sites (N-methyl/N-ethyl adjacent to an activating group) is 1. The Bertz CT molecular complexity index is 507. The van der Waals surface area contributed by atoms with E-state index in [2.05, 4.69) is 43.0 Å². The first-order valence-electron chi connectivity index (χ1n) is 8.34. The predicted octanol–water partition coefficient (Wildman–Crippen LogP) is 3.55. The van der Waals surface area contributed by atoms with Gasteiger partial charge >= 0.3 is 5.97 Å². The van der Waals surface area contributed by atoms with Gasteiger partial charge < -0.3 is 4.74 Å². The second kappa shape index (κ2) is 7.59. The fraction of sp³-hybridized carbons (Fsp3) is 0.526. The van der Waals surface area contributed by atoms with Crippen LogP contribution in [0.2, 0.25) is 0 Å². The second-order valence-corrected chi connectivity index (χ2v) is 5.69. The van der Waals surface area contributed by atoms with Crippen molar-refractivity contribution < 1.29 is 9.53 Å². The van der Waals surface area contributed by atoms with Crippen molar-refractivity contribution in [2.24, 2.45) is 0 Å². The first kappa shape index (κ1) is 16.8. The molecule has 0 bridgehead atoms. The lowest BCUT2D eigenvalue weighted by Crippen LogP contribution is -2.56. The fourth-order valence-electron chi connectivity index (χ4n) is 3.55. The van der Waals surface area contributed by atoms with E-state index in [1.807, 2.05) is 25.1 Å². The van der Waals surface area contributed by atoms with Gasteiger partial charge in [0.15, 0.2) is 0 Å². The molecule has 22 heavy (non-hydrogen) atoms. The maximum absolute atomic E-state index is 13.0. The summed E-state index contributed by atoms with van der Waals surface area (Å²) in [4.78, 5) is 15.3. The van der Waals surface area contributed by atoms with Crippen molar-refractivity contribution in [3.8, 4) is 0 Å². The van der Waals surface area contributed by atoms with Crippen LogP contribution in [-0.4, -0.2) is 36.6 Å². The number of hydrogen-bond acceptors (Lipinski definition) is 3. The Kier molecular flexibility index (Phi) is 5.78. The first-order chi connectivity index (χ1) is 10.7. The van der Waals surface area contributed by atoms with Crippen molar-refractivity contribution in [2.45, 2.75) is 45.1 Å². The van der Waals surface area contributed by atoms with Gasteiger partial charge in [-0.15, -0.1) is 0 Å². The fourth-order valence-corrected chi connectivity index (χ4v) is 3.55. The average molecular weight is 301 g/mol. The maximum atomic E-state index is 13.0. The third-order valence-corrected chi connectivity index (χ3v) is 4.66. The van der Waals surface area contributed by atoms with Gasteiger partial charge in [-0.1, -0.05) is 56.3 Å². The summed E-state index contributed by atoms with van der Waals surface area (Å²) in [5.74, 6) is -0.0950. The standard InChI is InChI=1S/C19H27NO2/c1-4-20(5-2)17-14-10-11-15-19(17,18(21)22-6-3)16-12-8-7-9-13-16/h7-10,12-14,17H,4-6,11,15H2,1-3H3/t17-,19+/m1/s1. The summed E-state index contributed by atoms with van der Waals surface area (Å²) in [7, 11) is 0. The van der Waals surface area contributed by atoms with Crippen molar-refractivity contribution in [3.63, 3.8) is 0 Å². The molecule has 0 amide bonds. The highest BCUT2D eigenvalue weighted by Gasteiger charge is 2.49. The number of rotatable bonds is 6. The minimum Gasteiger partial charge on any atom is -0.465 e. The Morgan fingerprint density at radius 1 is 1.23 bits per heavy atom. The molecule has 1 aliphatic carbocycles. The van der Waals surface area contributed by atoms with Crippen molar-refractivity contribution in [1.29, 1.82) is 0 Å². The minimum absolute atomic E-state index is 0.0534. The molecule has 0 spiro atoms. The van der Waals surface area contributed by atoms with Crippen LogP contribution in [0.15, 0.2) is 42.5 Å². The Balaban J connectivity index is 2.55. The largest absolute Gasteiger partial charge is 0.465 e. The molecule has 2 atom stereocenters. The van der Waals surface area contributed by atoms with Gasteiger partial charge in [-0.2, -0.15) is 0 Å². The summed E-state index contributed by atoms with van der Waals surface area (Å²) in [6, 6.07) is 10.2. The van der Waals surface area contributed by atoms with Crippen LogP contribution in [0.1, 0.15) is 39.2 Å². The molecule has 1 aliphatic rings. The lowest BCUT2D eigenvalue weighted by Gasteiger charge is -2.44. The number of allylic oxidation sites excluding steroid dienone is 1. The zero-order chi connectivity index (χ0) is 16.0. The number of nitrogens with zero attached hydrogens (tertiary/aromatic N) is 1. The van der Waals surface area contributed by atoms with Crippen LogP contribution in [-0.2, 0) is 14.9 Å². The van der Waals surface area contributed by atoms with Crippen molar-refractivity contribution in [1.82, 2.24) is 4.90 Å². The first-order valence-corrected chi connectivity index (χ1v) is 8.34. The van der Waals surface area contributed by atoms with E-state index in [-0.39, 0.29) is 12.0 Å². The summed E-state index contributed by atoms with van der Waals surface area (Å²) in [5, 5.41) is 0. The van der Waals surface area contributed by atoms with Gasteiger partial charge in [0, 0.05) is 6.04 Å². The Labute approximate surface area is 134 Å². The smallest absolute Gasteiger partial charge is 0.318 e. The molecule has 0 radical (unpaired) electrons. The van der Waals surface area contributed by atoms with E-state index in [0.29, 0.717) is 6.61 Å². The molecule has 3 heteroatoms. The van der Waals surface area contributed by atoms with Gasteiger partial charge in [0.05, 0.1) is 6.61 Å². The number of carbonyl (C=O) groups excluding carboxylic acids is 1.